The Hall–Kier alpha value is -1.54. The Morgan fingerprint density at radius 1 is 0.583 bits per heavy atom. The number of fused-ring (bicyclic) bond motifs is 2. The molecule has 0 saturated carbocycles. The van der Waals surface area contributed by atoms with Gasteiger partial charge in [-0.25, -0.2) is 0 Å². The lowest BCUT2D eigenvalue weighted by atomic mass is 9.96. The maximum atomic E-state index is 10.9. The molecule has 4 rings (SSSR count). The van der Waals surface area contributed by atoms with Crippen molar-refractivity contribution in [2.24, 2.45) is 0 Å². The van der Waals surface area contributed by atoms with Gasteiger partial charge in [0.2, 0.25) is 0 Å². The molecule has 0 aliphatic carbocycles. The second kappa shape index (κ2) is 6.07. The highest BCUT2D eigenvalue weighted by atomic mass is 127. The normalized spacial score (nSPS) is 11.2. The molecule has 0 saturated heterocycles. The molecule has 0 unspecified atom stereocenters. The predicted octanol–water partition coefficient (Wildman–Crippen LogP) is 6.28. The highest BCUT2D eigenvalue weighted by molar-refractivity contribution is 14.1. The SMILES string of the molecule is Oc1c(-c2c(I)cc3ccccc3c2O)c(I)cc2ccccc12. The van der Waals surface area contributed by atoms with Gasteiger partial charge < -0.3 is 10.2 Å². The molecule has 0 bridgehead atoms. The van der Waals surface area contributed by atoms with Gasteiger partial charge in [-0.15, -0.1) is 0 Å². The van der Waals surface area contributed by atoms with Crippen molar-refractivity contribution in [1.29, 1.82) is 0 Å². The molecule has 0 atom stereocenters. The second-order valence-corrected chi connectivity index (χ2v) is 7.93. The summed E-state index contributed by atoms with van der Waals surface area (Å²) in [6.45, 7) is 0. The van der Waals surface area contributed by atoms with E-state index in [-0.39, 0.29) is 11.5 Å². The van der Waals surface area contributed by atoms with Crippen LogP contribution in [0, 0.1) is 7.14 Å². The molecule has 0 amide bonds. The van der Waals surface area contributed by atoms with Crippen LogP contribution in [0.4, 0.5) is 0 Å². The first-order valence-electron chi connectivity index (χ1n) is 7.38. The van der Waals surface area contributed by atoms with E-state index in [4.69, 9.17) is 0 Å². The van der Waals surface area contributed by atoms with Crippen molar-refractivity contribution in [2.45, 2.75) is 0 Å². The van der Waals surface area contributed by atoms with Crippen LogP contribution in [0.1, 0.15) is 0 Å². The van der Waals surface area contributed by atoms with E-state index in [0.717, 1.165) is 28.7 Å². The summed E-state index contributed by atoms with van der Waals surface area (Å²) < 4.78 is 1.82. The van der Waals surface area contributed by atoms with Gasteiger partial charge in [-0.2, -0.15) is 0 Å². The number of benzene rings is 4. The zero-order valence-electron chi connectivity index (χ0n) is 12.4. The number of rotatable bonds is 1. The number of phenolic OH excluding ortho intramolecular Hbond substituents is 2. The van der Waals surface area contributed by atoms with E-state index in [1.165, 1.54) is 0 Å². The van der Waals surface area contributed by atoms with Gasteiger partial charge in [-0.3, -0.25) is 0 Å². The van der Waals surface area contributed by atoms with Gasteiger partial charge in [0, 0.05) is 29.0 Å². The molecule has 2 N–H and O–H groups in total. The first kappa shape index (κ1) is 16.0. The van der Waals surface area contributed by atoms with Gasteiger partial charge in [0.1, 0.15) is 11.5 Å². The van der Waals surface area contributed by atoms with Crippen LogP contribution >= 0.6 is 45.2 Å². The largest absolute Gasteiger partial charge is 0.507 e. The molecule has 0 aliphatic heterocycles. The maximum absolute atomic E-state index is 10.9. The molecule has 0 fully saturated rings. The van der Waals surface area contributed by atoms with E-state index < -0.39 is 0 Å². The van der Waals surface area contributed by atoms with Gasteiger partial charge in [0.15, 0.2) is 0 Å². The first-order valence-corrected chi connectivity index (χ1v) is 9.54. The van der Waals surface area contributed by atoms with Crippen LogP contribution < -0.4 is 0 Å². The van der Waals surface area contributed by atoms with Crippen molar-refractivity contribution in [2.75, 3.05) is 0 Å². The molecule has 4 aromatic carbocycles. The molecule has 0 radical (unpaired) electrons. The van der Waals surface area contributed by atoms with E-state index in [9.17, 15) is 10.2 Å². The third kappa shape index (κ3) is 2.43. The Morgan fingerprint density at radius 3 is 1.38 bits per heavy atom. The predicted molar refractivity (Wildman–Crippen MR) is 116 cm³/mol. The van der Waals surface area contributed by atoms with Crippen molar-refractivity contribution in [1.82, 2.24) is 0 Å². The fourth-order valence-electron chi connectivity index (χ4n) is 3.07. The van der Waals surface area contributed by atoms with Crippen LogP contribution in [0.25, 0.3) is 32.7 Å². The molecular weight excluding hydrogens is 526 g/mol. The maximum Gasteiger partial charge on any atom is 0.132 e. The molecule has 0 aromatic heterocycles. The molecular formula is C20H12I2O2. The van der Waals surface area contributed by atoms with Gasteiger partial charge in [-0.05, 0) is 68.1 Å². The minimum absolute atomic E-state index is 0.209. The van der Waals surface area contributed by atoms with Crippen LogP contribution in [0.2, 0.25) is 0 Å². The van der Waals surface area contributed by atoms with Crippen LogP contribution in [-0.2, 0) is 0 Å². The topological polar surface area (TPSA) is 40.5 Å². The molecule has 0 aliphatic rings. The quantitative estimate of drug-likeness (QED) is 0.280. The van der Waals surface area contributed by atoms with Crippen LogP contribution in [0.3, 0.4) is 0 Å². The molecule has 0 spiro atoms. The third-order valence-electron chi connectivity index (χ3n) is 4.20. The van der Waals surface area contributed by atoms with Crippen molar-refractivity contribution in [3.63, 3.8) is 0 Å². The van der Waals surface area contributed by atoms with Crippen molar-refractivity contribution >= 4 is 66.7 Å². The summed E-state index contributed by atoms with van der Waals surface area (Å²) in [7, 11) is 0. The lowest BCUT2D eigenvalue weighted by molar-refractivity contribution is 0.475. The smallest absolute Gasteiger partial charge is 0.132 e. The van der Waals surface area contributed by atoms with E-state index in [1.54, 1.807) is 0 Å². The van der Waals surface area contributed by atoms with Crippen LogP contribution in [-0.4, -0.2) is 10.2 Å². The Morgan fingerprint density at radius 2 is 0.958 bits per heavy atom. The summed E-state index contributed by atoms with van der Waals surface area (Å²) in [4.78, 5) is 0. The summed E-state index contributed by atoms with van der Waals surface area (Å²) in [6.07, 6.45) is 0. The average molecular weight is 538 g/mol. The lowest BCUT2D eigenvalue weighted by Crippen LogP contribution is -1.91. The zero-order chi connectivity index (χ0) is 16.8. The van der Waals surface area contributed by atoms with Gasteiger partial charge in [-0.1, -0.05) is 48.5 Å². The standard InChI is InChI=1S/C20H12I2O2/c21-15-9-11-5-1-3-7-13(11)19(23)17(15)18-16(22)10-12-6-2-4-8-14(12)20(18)24/h1-10,23-24H. The molecule has 4 aromatic rings. The highest BCUT2D eigenvalue weighted by Crippen LogP contribution is 2.47. The minimum Gasteiger partial charge on any atom is -0.507 e. The number of phenols is 2. The lowest BCUT2D eigenvalue weighted by Gasteiger charge is -2.16. The van der Waals surface area contributed by atoms with Crippen LogP contribution in [0.15, 0.2) is 60.7 Å². The van der Waals surface area contributed by atoms with Gasteiger partial charge in [0.25, 0.3) is 0 Å². The van der Waals surface area contributed by atoms with Gasteiger partial charge >= 0.3 is 0 Å². The summed E-state index contributed by atoms with van der Waals surface area (Å²) in [6, 6.07) is 19.5. The number of aromatic hydroxyl groups is 2. The number of hydrogen-bond acceptors (Lipinski definition) is 2. The Bertz CT molecular complexity index is 1010. The number of halogens is 2. The van der Waals surface area contributed by atoms with Crippen molar-refractivity contribution in [3.8, 4) is 22.6 Å². The monoisotopic (exact) mass is 538 g/mol. The Balaban J connectivity index is 2.14. The van der Waals surface area contributed by atoms with Crippen molar-refractivity contribution in [3.05, 3.63) is 67.8 Å². The first-order chi connectivity index (χ1) is 11.6. The summed E-state index contributed by atoms with van der Waals surface area (Å²) in [5.41, 5.74) is 1.36. The molecule has 0 heterocycles. The van der Waals surface area contributed by atoms with E-state index >= 15 is 0 Å². The number of hydrogen-bond donors (Lipinski definition) is 2. The molecule has 24 heavy (non-hydrogen) atoms. The van der Waals surface area contributed by atoms with Crippen LogP contribution in [0.5, 0.6) is 11.5 Å². The van der Waals surface area contributed by atoms with E-state index in [1.807, 2.05) is 60.7 Å². The summed E-state index contributed by atoms with van der Waals surface area (Å²) in [5.74, 6) is 0.419. The second-order valence-electron chi connectivity index (χ2n) is 5.61. The van der Waals surface area contributed by atoms with Gasteiger partial charge in [0.05, 0.1) is 0 Å². The Labute approximate surface area is 166 Å². The fraction of sp³-hybridized carbons (Fsp3) is 0. The average Bonchev–Trinajstić information content (AvgIpc) is 2.57. The Kier molecular flexibility index (Phi) is 4.04. The summed E-state index contributed by atoms with van der Waals surface area (Å²) >= 11 is 4.44. The summed E-state index contributed by atoms with van der Waals surface area (Å²) in [5, 5.41) is 25.3. The van der Waals surface area contributed by atoms with E-state index in [0.29, 0.717) is 11.1 Å². The molecule has 2 nitrogen and oxygen atoms in total. The highest BCUT2D eigenvalue weighted by Gasteiger charge is 2.20. The fourth-order valence-corrected chi connectivity index (χ4v) is 4.79. The molecule has 4 heteroatoms. The van der Waals surface area contributed by atoms with E-state index in [2.05, 4.69) is 45.2 Å². The zero-order valence-corrected chi connectivity index (χ0v) is 16.7. The molecule has 118 valence electrons. The third-order valence-corrected chi connectivity index (χ3v) is 5.90. The minimum atomic E-state index is 0.209. The van der Waals surface area contributed by atoms with Crippen molar-refractivity contribution < 1.29 is 10.2 Å².